The maximum Gasteiger partial charge on any atom is 0.252 e. The highest BCUT2D eigenvalue weighted by Crippen LogP contribution is 2.23. The van der Waals surface area contributed by atoms with Gasteiger partial charge < -0.3 is 16.8 Å². The van der Waals surface area contributed by atoms with Gasteiger partial charge in [0.2, 0.25) is 0 Å². The van der Waals surface area contributed by atoms with Gasteiger partial charge in [-0.3, -0.25) is 4.79 Å². The van der Waals surface area contributed by atoms with Crippen LogP contribution >= 0.6 is 0 Å². The van der Waals surface area contributed by atoms with E-state index in [2.05, 4.69) is 24.1 Å². The first-order valence-electron chi connectivity index (χ1n) is 6.23. The number of hydrogen-bond donors (Lipinski definition) is 3. The van der Waals surface area contributed by atoms with Crippen molar-refractivity contribution in [1.82, 2.24) is 4.98 Å². The number of hydrogen-bond acceptors (Lipinski definition) is 4. The van der Waals surface area contributed by atoms with E-state index in [1.807, 2.05) is 6.92 Å². The first-order chi connectivity index (χ1) is 8.48. The van der Waals surface area contributed by atoms with Crippen LogP contribution in [0.25, 0.3) is 0 Å². The van der Waals surface area contributed by atoms with E-state index in [9.17, 15) is 4.79 Å². The molecule has 100 valence electrons. The summed E-state index contributed by atoms with van der Waals surface area (Å²) in [6, 6.07) is 3.47. The van der Waals surface area contributed by atoms with Crippen LogP contribution in [0.5, 0.6) is 0 Å². The van der Waals surface area contributed by atoms with Crippen LogP contribution in [0.2, 0.25) is 0 Å². The molecule has 1 aromatic heterocycles. The summed E-state index contributed by atoms with van der Waals surface area (Å²) >= 11 is 0. The van der Waals surface area contributed by atoms with Crippen molar-refractivity contribution in [3.05, 3.63) is 23.4 Å². The molecular formula is C13H22N4O. The summed E-state index contributed by atoms with van der Waals surface area (Å²) in [5.41, 5.74) is 12.2. The predicted octanol–water partition coefficient (Wildman–Crippen LogP) is 1.42. The number of amides is 1. The van der Waals surface area contributed by atoms with Crippen LogP contribution in [0, 0.1) is 6.92 Å². The monoisotopic (exact) mass is 250 g/mol. The Morgan fingerprint density at radius 2 is 2.00 bits per heavy atom. The number of nitrogens with two attached hydrogens (primary N) is 2. The molecule has 0 saturated heterocycles. The summed E-state index contributed by atoms with van der Waals surface area (Å²) in [7, 11) is 0. The molecule has 0 aliphatic carbocycles. The number of rotatable bonds is 6. The smallest absolute Gasteiger partial charge is 0.252 e. The molecule has 1 rings (SSSR count). The number of carbonyl (C=O) groups excluding carboxylic acids is 1. The van der Waals surface area contributed by atoms with Gasteiger partial charge in [-0.15, -0.1) is 0 Å². The van der Waals surface area contributed by atoms with Gasteiger partial charge in [0.25, 0.3) is 5.91 Å². The molecule has 0 saturated carbocycles. The number of carbonyl (C=O) groups is 1. The van der Waals surface area contributed by atoms with Gasteiger partial charge >= 0.3 is 0 Å². The normalized spacial score (nSPS) is 11.3. The fraction of sp³-hybridized carbons (Fsp3) is 0.538. The van der Waals surface area contributed by atoms with Crippen molar-refractivity contribution in [1.29, 1.82) is 0 Å². The lowest BCUT2D eigenvalue weighted by molar-refractivity contribution is 0.100. The molecule has 1 heterocycles. The van der Waals surface area contributed by atoms with Crippen LogP contribution < -0.4 is 16.8 Å². The lowest BCUT2D eigenvalue weighted by Crippen LogP contribution is -2.45. The van der Waals surface area contributed by atoms with Crippen molar-refractivity contribution in [2.75, 3.05) is 11.9 Å². The minimum Gasteiger partial charge on any atom is -0.365 e. The molecule has 5 nitrogen and oxygen atoms in total. The van der Waals surface area contributed by atoms with E-state index < -0.39 is 5.91 Å². The highest BCUT2D eigenvalue weighted by Gasteiger charge is 2.26. The third-order valence-electron chi connectivity index (χ3n) is 3.43. The minimum absolute atomic E-state index is 0.245. The van der Waals surface area contributed by atoms with Crippen LogP contribution in [0.3, 0.4) is 0 Å². The number of anilines is 1. The number of nitrogens with one attached hydrogen (secondary N) is 1. The molecule has 0 aliphatic rings. The molecule has 18 heavy (non-hydrogen) atoms. The second-order valence-corrected chi connectivity index (χ2v) is 4.53. The zero-order chi connectivity index (χ0) is 13.8. The summed E-state index contributed by atoms with van der Waals surface area (Å²) in [4.78, 5) is 15.8. The zero-order valence-corrected chi connectivity index (χ0v) is 11.3. The van der Waals surface area contributed by atoms with E-state index in [-0.39, 0.29) is 5.54 Å². The summed E-state index contributed by atoms with van der Waals surface area (Å²) in [5, 5.41) is 3.30. The molecule has 0 aromatic carbocycles. The summed E-state index contributed by atoms with van der Waals surface area (Å²) in [6.07, 6.45) is 1.71. The Kier molecular flexibility index (Phi) is 4.67. The van der Waals surface area contributed by atoms with Gasteiger partial charge in [0.1, 0.15) is 5.82 Å². The fourth-order valence-corrected chi connectivity index (χ4v) is 1.87. The predicted molar refractivity (Wildman–Crippen MR) is 73.5 cm³/mol. The van der Waals surface area contributed by atoms with Crippen molar-refractivity contribution in [3.8, 4) is 0 Å². The van der Waals surface area contributed by atoms with E-state index in [0.29, 0.717) is 17.9 Å². The molecule has 0 fully saturated rings. The third-order valence-corrected chi connectivity index (χ3v) is 3.43. The molecule has 0 aliphatic heterocycles. The first kappa shape index (κ1) is 14.4. The van der Waals surface area contributed by atoms with Crippen molar-refractivity contribution in [2.45, 2.75) is 39.2 Å². The van der Waals surface area contributed by atoms with Crippen molar-refractivity contribution in [3.63, 3.8) is 0 Å². The third kappa shape index (κ3) is 2.98. The lowest BCUT2D eigenvalue weighted by Gasteiger charge is -2.32. The van der Waals surface area contributed by atoms with Crippen molar-refractivity contribution >= 4 is 11.7 Å². The van der Waals surface area contributed by atoms with Crippen molar-refractivity contribution in [2.24, 2.45) is 11.5 Å². The molecule has 0 radical (unpaired) electrons. The number of primary amides is 1. The first-order valence-corrected chi connectivity index (χ1v) is 6.23. The Hall–Kier alpha value is -1.62. The Morgan fingerprint density at radius 1 is 1.39 bits per heavy atom. The standard InChI is InChI=1S/C13H22N4O/c1-4-13(5-2,8-14)17-12-10(11(15)18)7-6-9(3)16-12/h6-7H,4-5,8,14H2,1-3H3,(H2,15,18)(H,16,17). The Balaban J connectivity index is 3.16. The number of pyridine rings is 1. The summed E-state index contributed by atoms with van der Waals surface area (Å²) < 4.78 is 0. The number of aromatic nitrogens is 1. The van der Waals surface area contributed by atoms with Gasteiger partial charge in [-0.1, -0.05) is 13.8 Å². The number of nitrogens with zero attached hydrogens (tertiary/aromatic N) is 1. The van der Waals surface area contributed by atoms with E-state index in [1.165, 1.54) is 0 Å². The zero-order valence-electron chi connectivity index (χ0n) is 11.3. The van der Waals surface area contributed by atoms with Crippen LogP contribution in [-0.2, 0) is 0 Å². The quantitative estimate of drug-likeness (QED) is 0.711. The fourth-order valence-electron chi connectivity index (χ4n) is 1.87. The van der Waals surface area contributed by atoms with Gasteiger partial charge in [-0.2, -0.15) is 0 Å². The molecule has 0 atom stereocenters. The average Bonchev–Trinajstić information content (AvgIpc) is 2.36. The van der Waals surface area contributed by atoms with Gasteiger partial charge in [0, 0.05) is 12.2 Å². The molecule has 0 unspecified atom stereocenters. The van der Waals surface area contributed by atoms with Crippen LogP contribution in [-0.4, -0.2) is 23.0 Å². The molecular weight excluding hydrogens is 228 g/mol. The van der Waals surface area contributed by atoms with Gasteiger partial charge in [-0.25, -0.2) is 4.98 Å². The maximum absolute atomic E-state index is 11.4. The van der Waals surface area contributed by atoms with E-state index >= 15 is 0 Å². The molecule has 1 aromatic rings. The van der Waals surface area contributed by atoms with E-state index in [4.69, 9.17) is 11.5 Å². The van der Waals surface area contributed by atoms with Crippen LogP contribution in [0.15, 0.2) is 12.1 Å². The van der Waals surface area contributed by atoms with Gasteiger partial charge in [0.05, 0.1) is 11.1 Å². The molecule has 0 bridgehead atoms. The maximum atomic E-state index is 11.4. The molecule has 5 N–H and O–H groups in total. The minimum atomic E-state index is -0.483. The highest BCUT2D eigenvalue weighted by atomic mass is 16.1. The van der Waals surface area contributed by atoms with Crippen LogP contribution in [0.4, 0.5) is 5.82 Å². The SMILES string of the molecule is CCC(CC)(CN)Nc1nc(C)ccc1C(N)=O. The molecule has 0 spiro atoms. The summed E-state index contributed by atoms with van der Waals surface area (Å²) in [5.74, 6) is 0.0415. The van der Waals surface area contributed by atoms with E-state index in [0.717, 1.165) is 18.5 Å². The largest absolute Gasteiger partial charge is 0.365 e. The molecule has 1 amide bonds. The Bertz CT molecular complexity index is 419. The van der Waals surface area contributed by atoms with Gasteiger partial charge in [-0.05, 0) is 31.9 Å². The highest BCUT2D eigenvalue weighted by molar-refractivity contribution is 5.97. The second kappa shape index (κ2) is 5.82. The van der Waals surface area contributed by atoms with Crippen molar-refractivity contribution < 1.29 is 4.79 Å². The van der Waals surface area contributed by atoms with Crippen LogP contribution in [0.1, 0.15) is 42.7 Å². The Morgan fingerprint density at radius 3 is 2.44 bits per heavy atom. The van der Waals surface area contributed by atoms with E-state index in [1.54, 1.807) is 12.1 Å². The number of aryl methyl sites for hydroxylation is 1. The van der Waals surface area contributed by atoms with Gasteiger partial charge in [0.15, 0.2) is 0 Å². The average molecular weight is 250 g/mol. The summed E-state index contributed by atoms with van der Waals surface area (Å²) in [6.45, 7) is 6.47. The Labute approximate surface area is 108 Å². The lowest BCUT2D eigenvalue weighted by atomic mass is 9.92. The second-order valence-electron chi connectivity index (χ2n) is 4.53. The molecule has 5 heteroatoms. The topological polar surface area (TPSA) is 94.0 Å².